The second-order valence-corrected chi connectivity index (χ2v) is 8.77. The van der Waals surface area contributed by atoms with Crippen molar-refractivity contribution in [2.45, 2.75) is 53.5 Å². The molecule has 0 aliphatic rings. The highest BCUT2D eigenvalue weighted by atomic mass is 16.3. The van der Waals surface area contributed by atoms with Gasteiger partial charge in [0, 0.05) is 25.2 Å². The van der Waals surface area contributed by atoms with Crippen LogP contribution in [0.3, 0.4) is 0 Å². The molecular weight excluding hydrogens is 336 g/mol. The van der Waals surface area contributed by atoms with Gasteiger partial charge in [-0.05, 0) is 29.4 Å². The lowest BCUT2D eigenvalue weighted by Gasteiger charge is -2.19. The monoisotopic (exact) mass is 366 g/mol. The Morgan fingerprint density at radius 2 is 1.81 bits per heavy atom. The summed E-state index contributed by atoms with van der Waals surface area (Å²) in [5.41, 5.74) is 4.96. The number of hydrogen-bond donors (Lipinski definition) is 1. The minimum atomic E-state index is -0.0564. The Morgan fingerprint density at radius 1 is 1.15 bits per heavy atom. The fourth-order valence-electron chi connectivity index (χ4n) is 3.20. The van der Waals surface area contributed by atoms with Crippen LogP contribution in [0.5, 0.6) is 0 Å². The molecule has 0 bridgehead atoms. The second-order valence-electron chi connectivity index (χ2n) is 8.77. The van der Waals surface area contributed by atoms with E-state index in [0.717, 1.165) is 22.4 Å². The van der Waals surface area contributed by atoms with Gasteiger partial charge in [0.25, 0.3) is 5.91 Å². The van der Waals surface area contributed by atoms with E-state index in [4.69, 9.17) is 4.42 Å². The molecule has 27 heavy (non-hydrogen) atoms. The van der Waals surface area contributed by atoms with Gasteiger partial charge in [0.1, 0.15) is 11.5 Å². The van der Waals surface area contributed by atoms with E-state index >= 15 is 0 Å². The zero-order chi connectivity index (χ0) is 19.8. The number of carbonyl (C=O) groups excluding carboxylic acids is 1. The Bertz CT molecular complexity index is 937. The number of hydrogen-bond acceptors (Lipinski definition) is 2. The fourth-order valence-corrected chi connectivity index (χ4v) is 3.20. The van der Waals surface area contributed by atoms with Gasteiger partial charge in [-0.2, -0.15) is 0 Å². The molecule has 0 spiro atoms. The van der Waals surface area contributed by atoms with Gasteiger partial charge in [0.15, 0.2) is 5.58 Å². The average molecular weight is 367 g/mol. The minimum Gasteiger partial charge on any atom is -0.460 e. The van der Waals surface area contributed by atoms with Crippen LogP contribution in [0, 0.1) is 12.8 Å². The lowest BCUT2D eigenvalue weighted by molar-refractivity contribution is 0.0940. The summed E-state index contributed by atoms with van der Waals surface area (Å²) >= 11 is 0. The zero-order valence-electron chi connectivity index (χ0n) is 17.2. The number of aryl methyl sites for hydroxylation is 1. The Labute approximate surface area is 161 Å². The Balaban J connectivity index is 1.94. The predicted octanol–water partition coefficient (Wildman–Crippen LogP) is 5.27. The quantitative estimate of drug-likeness (QED) is 0.668. The van der Waals surface area contributed by atoms with Crippen LogP contribution in [0.4, 0.5) is 0 Å². The molecule has 3 aromatic rings. The molecule has 2 heterocycles. The molecule has 1 amide bonds. The Kier molecular flexibility index (Phi) is 5.18. The highest BCUT2D eigenvalue weighted by Crippen LogP contribution is 2.26. The molecule has 0 unspecified atom stereocenters. The van der Waals surface area contributed by atoms with Crippen LogP contribution < -0.4 is 5.32 Å². The maximum absolute atomic E-state index is 12.7. The first-order valence-corrected chi connectivity index (χ1v) is 9.62. The van der Waals surface area contributed by atoms with E-state index in [1.807, 2.05) is 23.6 Å². The minimum absolute atomic E-state index is 0.0564. The van der Waals surface area contributed by atoms with Gasteiger partial charge in [-0.25, -0.2) is 0 Å². The Morgan fingerprint density at radius 3 is 2.41 bits per heavy atom. The molecule has 4 nitrogen and oxygen atoms in total. The molecular formula is C23H30N2O2. The summed E-state index contributed by atoms with van der Waals surface area (Å²) in [5, 5.41) is 3.02. The SMILES string of the molecule is Cc1cc2c(cc(C(=O)NCC(C)C)n2Cc2ccc(C(C)(C)C)cc2)o1. The van der Waals surface area contributed by atoms with Crippen LogP contribution in [-0.2, 0) is 12.0 Å². The third kappa shape index (κ3) is 4.26. The summed E-state index contributed by atoms with van der Waals surface area (Å²) in [5.74, 6) is 1.21. The van der Waals surface area contributed by atoms with Crippen LogP contribution in [0.15, 0.2) is 40.8 Å². The van der Waals surface area contributed by atoms with E-state index in [2.05, 4.69) is 64.2 Å². The molecule has 0 saturated carbocycles. The standard InChI is InChI=1S/C23H30N2O2/c1-15(2)13-24-22(26)20-12-21-19(11-16(3)27-21)25(20)14-17-7-9-18(10-8-17)23(4,5)6/h7-12,15H,13-14H2,1-6H3,(H,24,26). The van der Waals surface area contributed by atoms with Gasteiger partial charge >= 0.3 is 0 Å². The molecule has 0 fully saturated rings. The van der Waals surface area contributed by atoms with Gasteiger partial charge in [-0.3, -0.25) is 4.79 Å². The van der Waals surface area contributed by atoms with Crippen molar-refractivity contribution in [3.63, 3.8) is 0 Å². The summed E-state index contributed by atoms with van der Waals surface area (Å²) in [4.78, 5) is 12.7. The van der Waals surface area contributed by atoms with Crippen molar-refractivity contribution >= 4 is 17.0 Å². The van der Waals surface area contributed by atoms with Gasteiger partial charge in [-0.1, -0.05) is 58.9 Å². The highest BCUT2D eigenvalue weighted by molar-refractivity contribution is 5.97. The molecule has 144 valence electrons. The smallest absolute Gasteiger partial charge is 0.268 e. The molecule has 4 heteroatoms. The van der Waals surface area contributed by atoms with Crippen LogP contribution in [0.25, 0.3) is 11.1 Å². The number of furan rings is 1. The maximum atomic E-state index is 12.7. The maximum Gasteiger partial charge on any atom is 0.268 e. The molecule has 2 aromatic heterocycles. The number of benzene rings is 1. The number of nitrogens with one attached hydrogen (secondary N) is 1. The molecule has 1 N–H and O–H groups in total. The third-order valence-electron chi connectivity index (χ3n) is 4.78. The summed E-state index contributed by atoms with van der Waals surface area (Å²) in [6, 6.07) is 12.5. The first-order valence-electron chi connectivity index (χ1n) is 9.62. The van der Waals surface area contributed by atoms with Crippen molar-refractivity contribution in [2.24, 2.45) is 5.92 Å². The number of carbonyl (C=O) groups is 1. The second kappa shape index (κ2) is 7.26. The molecule has 0 radical (unpaired) electrons. The van der Waals surface area contributed by atoms with Gasteiger partial charge in [0.05, 0.1) is 5.52 Å². The molecule has 0 aliphatic carbocycles. The van der Waals surface area contributed by atoms with Crippen LogP contribution in [0.1, 0.15) is 62.0 Å². The third-order valence-corrected chi connectivity index (χ3v) is 4.78. The summed E-state index contributed by atoms with van der Waals surface area (Å²) in [6.07, 6.45) is 0. The predicted molar refractivity (Wildman–Crippen MR) is 110 cm³/mol. The first kappa shape index (κ1) is 19.3. The van der Waals surface area contributed by atoms with E-state index < -0.39 is 0 Å². The summed E-state index contributed by atoms with van der Waals surface area (Å²) < 4.78 is 7.81. The first-order chi connectivity index (χ1) is 12.6. The van der Waals surface area contributed by atoms with Crippen LogP contribution >= 0.6 is 0 Å². The van der Waals surface area contributed by atoms with Crippen molar-refractivity contribution < 1.29 is 9.21 Å². The van der Waals surface area contributed by atoms with E-state index in [0.29, 0.717) is 24.7 Å². The van der Waals surface area contributed by atoms with E-state index in [1.165, 1.54) is 5.56 Å². The molecule has 0 aliphatic heterocycles. The molecule has 1 aromatic carbocycles. The summed E-state index contributed by atoms with van der Waals surface area (Å²) in [7, 11) is 0. The Hall–Kier alpha value is -2.49. The number of nitrogens with zero attached hydrogens (tertiary/aromatic N) is 1. The fraction of sp³-hybridized carbons (Fsp3) is 0.435. The van der Waals surface area contributed by atoms with Crippen molar-refractivity contribution in [2.75, 3.05) is 6.54 Å². The van der Waals surface area contributed by atoms with Crippen LogP contribution in [-0.4, -0.2) is 17.0 Å². The topological polar surface area (TPSA) is 47.2 Å². The van der Waals surface area contributed by atoms with Crippen molar-refractivity contribution in [3.05, 3.63) is 59.0 Å². The number of rotatable bonds is 5. The molecule has 0 atom stereocenters. The van der Waals surface area contributed by atoms with Gasteiger partial charge < -0.3 is 14.3 Å². The molecule has 0 saturated heterocycles. The van der Waals surface area contributed by atoms with E-state index in [9.17, 15) is 4.79 Å². The zero-order valence-corrected chi connectivity index (χ0v) is 17.2. The number of aromatic nitrogens is 1. The van der Waals surface area contributed by atoms with E-state index in [-0.39, 0.29) is 11.3 Å². The van der Waals surface area contributed by atoms with Crippen molar-refractivity contribution in [1.29, 1.82) is 0 Å². The molecule has 3 rings (SSSR count). The van der Waals surface area contributed by atoms with Crippen LogP contribution in [0.2, 0.25) is 0 Å². The average Bonchev–Trinajstić information content (AvgIpc) is 3.09. The van der Waals surface area contributed by atoms with Gasteiger partial charge in [-0.15, -0.1) is 0 Å². The van der Waals surface area contributed by atoms with E-state index in [1.54, 1.807) is 0 Å². The number of fused-ring (bicyclic) bond motifs is 1. The van der Waals surface area contributed by atoms with Crippen molar-refractivity contribution in [1.82, 2.24) is 9.88 Å². The lowest BCUT2D eigenvalue weighted by atomic mass is 9.87. The van der Waals surface area contributed by atoms with Gasteiger partial charge in [0.2, 0.25) is 0 Å². The lowest BCUT2D eigenvalue weighted by Crippen LogP contribution is -2.29. The number of amides is 1. The van der Waals surface area contributed by atoms with Crippen molar-refractivity contribution in [3.8, 4) is 0 Å². The largest absolute Gasteiger partial charge is 0.460 e. The summed E-state index contributed by atoms with van der Waals surface area (Å²) in [6.45, 7) is 14.0. The highest BCUT2D eigenvalue weighted by Gasteiger charge is 2.19. The normalized spacial score (nSPS) is 12.1.